The highest BCUT2D eigenvalue weighted by atomic mass is 16.5. The largest absolute Gasteiger partial charge is 0.497 e. The van der Waals surface area contributed by atoms with Crippen LogP contribution in [-0.4, -0.2) is 44.2 Å². The molecule has 27 heavy (non-hydrogen) atoms. The number of carbonyl (C=O) groups is 1. The first-order valence-corrected chi connectivity index (χ1v) is 9.27. The van der Waals surface area contributed by atoms with Crippen molar-refractivity contribution in [2.24, 2.45) is 5.73 Å². The minimum absolute atomic E-state index is 0.136. The number of para-hydroxylation sites is 1. The van der Waals surface area contributed by atoms with Gasteiger partial charge in [-0.1, -0.05) is 31.2 Å². The highest BCUT2D eigenvalue weighted by Crippen LogP contribution is 2.36. The van der Waals surface area contributed by atoms with Gasteiger partial charge in [-0.15, -0.1) is 0 Å². The Morgan fingerprint density at radius 2 is 1.93 bits per heavy atom. The molecule has 6 heteroatoms. The minimum Gasteiger partial charge on any atom is -0.497 e. The quantitative estimate of drug-likeness (QED) is 0.623. The normalized spacial score (nSPS) is 14.4. The first-order valence-electron chi connectivity index (χ1n) is 9.27. The molecule has 0 saturated carbocycles. The number of hydrogen-bond donors (Lipinski definition) is 1. The monoisotopic (exact) mass is 369 g/mol. The van der Waals surface area contributed by atoms with Gasteiger partial charge in [0, 0.05) is 26.2 Å². The number of carbonyl (C=O) groups excluding carboxylic acids is 1. The molecule has 2 aromatic rings. The molecule has 1 heterocycles. The van der Waals surface area contributed by atoms with Crippen molar-refractivity contribution in [1.82, 2.24) is 4.90 Å². The summed E-state index contributed by atoms with van der Waals surface area (Å²) in [6, 6.07) is 13.9. The van der Waals surface area contributed by atoms with Crippen LogP contribution >= 0.6 is 0 Å². The number of ether oxygens (including phenoxy) is 2. The number of nitrogens with two attached hydrogens (primary N) is 1. The van der Waals surface area contributed by atoms with Crippen molar-refractivity contribution in [2.45, 2.75) is 20.0 Å². The zero-order valence-corrected chi connectivity index (χ0v) is 16.0. The minimum atomic E-state index is -0.426. The van der Waals surface area contributed by atoms with Crippen molar-refractivity contribution in [3.8, 4) is 11.5 Å². The van der Waals surface area contributed by atoms with Crippen molar-refractivity contribution < 1.29 is 14.3 Å². The van der Waals surface area contributed by atoms with Crippen LogP contribution in [0.4, 0.5) is 5.69 Å². The lowest BCUT2D eigenvalue weighted by Crippen LogP contribution is -2.31. The van der Waals surface area contributed by atoms with E-state index in [0.29, 0.717) is 5.75 Å². The molecule has 0 spiro atoms. The van der Waals surface area contributed by atoms with Crippen LogP contribution in [0.5, 0.6) is 11.5 Å². The van der Waals surface area contributed by atoms with E-state index in [9.17, 15) is 4.79 Å². The molecule has 0 saturated heterocycles. The van der Waals surface area contributed by atoms with Crippen LogP contribution in [0, 0.1) is 0 Å². The third kappa shape index (κ3) is 4.59. The van der Waals surface area contributed by atoms with E-state index in [4.69, 9.17) is 15.2 Å². The molecule has 144 valence electrons. The van der Waals surface area contributed by atoms with E-state index in [-0.39, 0.29) is 6.54 Å². The Balaban J connectivity index is 1.95. The summed E-state index contributed by atoms with van der Waals surface area (Å²) >= 11 is 0. The third-order valence-corrected chi connectivity index (χ3v) is 4.85. The molecular formula is C21H27N3O3. The second kappa shape index (κ2) is 8.88. The van der Waals surface area contributed by atoms with Crippen LogP contribution in [-0.2, 0) is 17.9 Å². The SMILES string of the molecule is CCN1CCN(Cc2ccc(OC)cc2)c2c(cccc2OC(=O)CN)C1. The van der Waals surface area contributed by atoms with Gasteiger partial charge in [-0.05, 0) is 35.9 Å². The van der Waals surface area contributed by atoms with E-state index in [1.165, 1.54) is 5.56 Å². The Hall–Kier alpha value is -2.57. The maximum absolute atomic E-state index is 11.8. The van der Waals surface area contributed by atoms with Gasteiger partial charge in [-0.25, -0.2) is 0 Å². The van der Waals surface area contributed by atoms with Gasteiger partial charge in [0.15, 0.2) is 5.75 Å². The van der Waals surface area contributed by atoms with Crippen molar-refractivity contribution in [1.29, 1.82) is 0 Å². The number of anilines is 1. The van der Waals surface area contributed by atoms with Gasteiger partial charge < -0.3 is 20.1 Å². The van der Waals surface area contributed by atoms with Crippen LogP contribution in [0.25, 0.3) is 0 Å². The molecule has 0 aliphatic carbocycles. The van der Waals surface area contributed by atoms with Crippen molar-refractivity contribution >= 4 is 11.7 Å². The topological polar surface area (TPSA) is 68.0 Å². The standard InChI is InChI=1S/C21H27N3O3/c1-3-23-11-12-24(14-16-7-9-18(26-2)10-8-16)21-17(15-23)5-4-6-19(21)27-20(25)13-22/h4-10H,3,11-15,22H2,1-2H3. The summed E-state index contributed by atoms with van der Waals surface area (Å²) in [6.07, 6.45) is 0. The number of hydrogen-bond acceptors (Lipinski definition) is 6. The van der Waals surface area contributed by atoms with E-state index in [2.05, 4.69) is 34.9 Å². The Morgan fingerprint density at radius 3 is 2.59 bits per heavy atom. The van der Waals surface area contributed by atoms with Gasteiger partial charge in [-0.2, -0.15) is 0 Å². The lowest BCUT2D eigenvalue weighted by Gasteiger charge is -2.27. The highest BCUT2D eigenvalue weighted by molar-refractivity contribution is 5.77. The Morgan fingerprint density at radius 1 is 1.15 bits per heavy atom. The van der Waals surface area contributed by atoms with Gasteiger partial charge in [0.2, 0.25) is 0 Å². The number of benzene rings is 2. The number of rotatable bonds is 6. The Labute approximate surface area is 160 Å². The summed E-state index contributed by atoms with van der Waals surface area (Å²) < 4.78 is 10.8. The zero-order valence-electron chi connectivity index (χ0n) is 16.0. The molecular weight excluding hydrogens is 342 g/mol. The third-order valence-electron chi connectivity index (χ3n) is 4.85. The average Bonchev–Trinajstić information content (AvgIpc) is 2.88. The second-order valence-corrected chi connectivity index (χ2v) is 6.58. The van der Waals surface area contributed by atoms with Gasteiger partial charge in [0.25, 0.3) is 0 Å². The van der Waals surface area contributed by atoms with Crippen molar-refractivity contribution in [3.63, 3.8) is 0 Å². The molecule has 0 atom stereocenters. The maximum Gasteiger partial charge on any atom is 0.325 e. The smallest absolute Gasteiger partial charge is 0.325 e. The molecule has 0 bridgehead atoms. The van der Waals surface area contributed by atoms with Gasteiger partial charge in [-0.3, -0.25) is 9.69 Å². The predicted octanol–water partition coefficient (Wildman–Crippen LogP) is 2.40. The Kier molecular flexibility index (Phi) is 6.32. The van der Waals surface area contributed by atoms with Crippen LogP contribution < -0.4 is 20.1 Å². The lowest BCUT2D eigenvalue weighted by molar-refractivity contribution is -0.132. The van der Waals surface area contributed by atoms with Gasteiger partial charge in [0.1, 0.15) is 5.75 Å². The van der Waals surface area contributed by atoms with Crippen LogP contribution in [0.2, 0.25) is 0 Å². The number of fused-ring (bicyclic) bond motifs is 1. The summed E-state index contributed by atoms with van der Waals surface area (Å²) in [7, 11) is 1.66. The second-order valence-electron chi connectivity index (χ2n) is 6.58. The van der Waals surface area contributed by atoms with E-state index in [0.717, 1.165) is 49.7 Å². The molecule has 2 aromatic carbocycles. The summed E-state index contributed by atoms with van der Waals surface area (Å²) in [6.45, 7) is 6.36. The molecule has 1 aliphatic rings. The van der Waals surface area contributed by atoms with Crippen molar-refractivity contribution in [2.75, 3.05) is 38.2 Å². The first-order chi connectivity index (χ1) is 13.1. The molecule has 1 aliphatic heterocycles. The molecule has 0 radical (unpaired) electrons. The highest BCUT2D eigenvalue weighted by Gasteiger charge is 2.23. The molecule has 0 fully saturated rings. The summed E-state index contributed by atoms with van der Waals surface area (Å²) in [4.78, 5) is 16.5. The first kappa shape index (κ1) is 19.2. The zero-order chi connectivity index (χ0) is 19.2. The number of likely N-dealkylation sites (N-methyl/N-ethyl adjacent to an activating group) is 1. The molecule has 3 rings (SSSR count). The molecule has 2 N–H and O–H groups in total. The van der Waals surface area contributed by atoms with Gasteiger partial charge >= 0.3 is 5.97 Å². The number of methoxy groups -OCH3 is 1. The fourth-order valence-corrected chi connectivity index (χ4v) is 3.37. The predicted molar refractivity (Wildman–Crippen MR) is 106 cm³/mol. The molecule has 0 aromatic heterocycles. The Bertz CT molecular complexity index is 777. The molecule has 0 amide bonds. The fraction of sp³-hybridized carbons (Fsp3) is 0.381. The van der Waals surface area contributed by atoms with Gasteiger partial charge in [0.05, 0.1) is 19.3 Å². The van der Waals surface area contributed by atoms with E-state index in [1.54, 1.807) is 7.11 Å². The summed E-state index contributed by atoms with van der Waals surface area (Å²) in [5.41, 5.74) is 8.76. The molecule has 0 unspecified atom stereocenters. The van der Waals surface area contributed by atoms with E-state index >= 15 is 0 Å². The fourth-order valence-electron chi connectivity index (χ4n) is 3.37. The van der Waals surface area contributed by atoms with Crippen LogP contribution in [0.1, 0.15) is 18.1 Å². The number of nitrogens with zero attached hydrogens (tertiary/aromatic N) is 2. The molecule has 6 nitrogen and oxygen atoms in total. The average molecular weight is 369 g/mol. The summed E-state index contributed by atoms with van der Waals surface area (Å²) in [5, 5.41) is 0. The maximum atomic E-state index is 11.8. The van der Waals surface area contributed by atoms with E-state index < -0.39 is 5.97 Å². The van der Waals surface area contributed by atoms with E-state index in [1.807, 2.05) is 24.3 Å². The van der Waals surface area contributed by atoms with Crippen LogP contribution in [0.3, 0.4) is 0 Å². The summed E-state index contributed by atoms with van der Waals surface area (Å²) in [5.74, 6) is 0.989. The number of esters is 1. The lowest BCUT2D eigenvalue weighted by atomic mass is 10.1. The van der Waals surface area contributed by atoms with Crippen LogP contribution in [0.15, 0.2) is 42.5 Å². The van der Waals surface area contributed by atoms with Crippen molar-refractivity contribution in [3.05, 3.63) is 53.6 Å².